The minimum Gasteiger partial charge on any atom is -0.387 e. The standard InChI is InChI=1S/C8H12F2O2S/c9-8(10)4-6-2-1-5(13(6)12)3-7(8)11/h5-7,11H,1-4H2. The van der Waals surface area contributed by atoms with Crippen molar-refractivity contribution in [3.63, 3.8) is 0 Å². The first kappa shape index (κ1) is 9.52. The quantitative estimate of drug-likeness (QED) is 0.649. The summed E-state index contributed by atoms with van der Waals surface area (Å²) in [5.41, 5.74) is 0. The molecule has 0 aromatic carbocycles. The van der Waals surface area contributed by atoms with E-state index in [1.807, 2.05) is 0 Å². The summed E-state index contributed by atoms with van der Waals surface area (Å²) in [7, 11) is -1.14. The SMILES string of the molecule is O=S1C2CCC1CC(F)(F)C(O)C2. The Bertz CT molecular complexity index is 244. The molecule has 2 saturated heterocycles. The maximum absolute atomic E-state index is 13.1. The molecule has 2 bridgehead atoms. The highest BCUT2D eigenvalue weighted by atomic mass is 32.2. The van der Waals surface area contributed by atoms with E-state index < -0.39 is 34.5 Å². The van der Waals surface area contributed by atoms with Gasteiger partial charge in [0.1, 0.15) is 6.10 Å². The second-order valence-electron chi connectivity index (χ2n) is 3.87. The van der Waals surface area contributed by atoms with E-state index in [0.29, 0.717) is 6.42 Å². The number of fused-ring (bicyclic) bond motifs is 2. The number of rotatable bonds is 0. The molecule has 76 valence electrons. The molecule has 0 aromatic heterocycles. The lowest BCUT2D eigenvalue weighted by molar-refractivity contribution is -0.116. The zero-order valence-corrected chi connectivity index (χ0v) is 7.90. The number of halogens is 2. The average molecular weight is 210 g/mol. The van der Waals surface area contributed by atoms with Gasteiger partial charge in [0.2, 0.25) is 0 Å². The van der Waals surface area contributed by atoms with Crippen LogP contribution in [-0.4, -0.2) is 31.8 Å². The van der Waals surface area contributed by atoms with E-state index in [-0.39, 0.29) is 11.7 Å². The number of aliphatic hydroxyl groups is 1. The highest BCUT2D eigenvalue weighted by molar-refractivity contribution is 7.86. The van der Waals surface area contributed by atoms with Crippen LogP contribution >= 0.6 is 0 Å². The van der Waals surface area contributed by atoms with E-state index in [1.54, 1.807) is 0 Å². The molecule has 13 heavy (non-hydrogen) atoms. The summed E-state index contributed by atoms with van der Waals surface area (Å²) >= 11 is 0. The van der Waals surface area contributed by atoms with Crippen molar-refractivity contribution in [1.29, 1.82) is 0 Å². The summed E-state index contributed by atoms with van der Waals surface area (Å²) in [5.74, 6) is -3.03. The van der Waals surface area contributed by atoms with Crippen LogP contribution in [0.15, 0.2) is 0 Å². The smallest absolute Gasteiger partial charge is 0.274 e. The van der Waals surface area contributed by atoms with Gasteiger partial charge >= 0.3 is 0 Å². The van der Waals surface area contributed by atoms with Gasteiger partial charge in [-0.1, -0.05) is 0 Å². The zero-order valence-electron chi connectivity index (χ0n) is 7.08. The minimum absolute atomic E-state index is 0.00386. The van der Waals surface area contributed by atoms with Crippen molar-refractivity contribution in [3.05, 3.63) is 0 Å². The maximum atomic E-state index is 13.1. The third-order valence-corrected chi connectivity index (χ3v) is 5.09. The van der Waals surface area contributed by atoms with Crippen LogP contribution < -0.4 is 0 Å². The number of alkyl halides is 2. The Balaban J connectivity index is 2.24. The van der Waals surface area contributed by atoms with E-state index in [2.05, 4.69) is 0 Å². The van der Waals surface area contributed by atoms with Crippen LogP contribution in [0.5, 0.6) is 0 Å². The molecule has 2 nitrogen and oxygen atoms in total. The summed E-state index contributed by atoms with van der Waals surface area (Å²) < 4.78 is 37.7. The predicted molar refractivity (Wildman–Crippen MR) is 45.1 cm³/mol. The monoisotopic (exact) mass is 210 g/mol. The Morgan fingerprint density at radius 1 is 1.31 bits per heavy atom. The fourth-order valence-corrected chi connectivity index (χ4v) is 4.17. The van der Waals surface area contributed by atoms with Crippen molar-refractivity contribution >= 4 is 10.8 Å². The highest BCUT2D eigenvalue weighted by Gasteiger charge is 2.50. The Labute approximate surface area is 77.8 Å². The molecule has 4 atom stereocenters. The summed E-state index contributed by atoms with van der Waals surface area (Å²) in [6.45, 7) is 0. The molecule has 5 heteroatoms. The van der Waals surface area contributed by atoms with E-state index in [0.717, 1.165) is 6.42 Å². The summed E-state index contributed by atoms with van der Waals surface area (Å²) in [6, 6.07) is 0. The molecule has 2 rings (SSSR count). The van der Waals surface area contributed by atoms with Crippen molar-refractivity contribution in [1.82, 2.24) is 0 Å². The number of aliphatic hydroxyl groups excluding tert-OH is 1. The van der Waals surface area contributed by atoms with Gasteiger partial charge in [-0.05, 0) is 19.3 Å². The van der Waals surface area contributed by atoms with Gasteiger partial charge in [0, 0.05) is 27.7 Å². The van der Waals surface area contributed by atoms with Gasteiger partial charge in [0.05, 0.1) is 0 Å². The molecule has 2 aliphatic rings. The maximum Gasteiger partial charge on any atom is 0.274 e. The second kappa shape index (κ2) is 2.98. The fourth-order valence-electron chi connectivity index (χ4n) is 2.13. The van der Waals surface area contributed by atoms with E-state index >= 15 is 0 Å². The molecule has 2 heterocycles. The second-order valence-corrected chi connectivity index (χ2v) is 5.86. The Hall–Kier alpha value is -0.0300. The topological polar surface area (TPSA) is 37.3 Å². The van der Waals surface area contributed by atoms with E-state index in [4.69, 9.17) is 0 Å². The Morgan fingerprint density at radius 3 is 2.62 bits per heavy atom. The number of hydrogen-bond donors (Lipinski definition) is 1. The van der Waals surface area contributed by atoms with Gasteiger partial charge in [0.25, 0.3) is 5.92 Å². The molecule has 0 saturated carbocycles. The molecular weight excluding hydrogens is 198 g/mol. The molecule has 0 spiro atoms. The molecular formula is C8H12F2O2S. The third-order valence-electron chi connectivity index (χ3n) is 2.94. The van der Waals surface area contributed by atoms with E-state index in [1.165, 1.54) is 0 Å². The highest BCUT2D eigenvalue weighted by Crippen LogP contribution is 2.41. The lowest BCUT2D eigenvalue weighted by Crippen LogP contribution is -2.36. The molecule has 0 radical (unpaired) electrons. The normalized spacial score (nSPS) is 48.8. The fraction of sp³-hybridized carbons (Fsp3) is 1.00. The van der Waals surface area contributed by atoms with Crippen molar-refractivity contribution in [2.75, 3.05) is 0 Å². The molecule has 0 amide bonds. The van der Waals surface area contributed by atoms with Crippen LogP contribution in [0.2, 0.25) is 0 Å². The third kappa shape index (κ3) is 1.52. The summed E-state index contributed by atoms with van der Waals surface area (Å²) in [5, 5.41) is 8.58. The van der Waals surface area contributed by atoms with Gasteiger partial charge in [-0.25, -0.2) is 8.78 Å². The van der Waals surface area contributed by atoms with Crippen LogP contribution in [0.3, 0.4) is 0 Å². The van der Waals surface area contributed by atoms with Crippen molar-refractivity contribution in [2.45, 2.75) is 48.2 Å². The molecule has 4 unspecified atom stereocenters. The van der Waals surface area contributed by atoms with Crippen LogP contribution in [0.25, 0.3) is 0 Å². The minimum atomic E-state index is -3.03. The first-order valence-electron chi connectivity index (χ1n) is 4.46. The van der Waals surface area contributed by atoms with Crippen LogP contribution in [0, 0.1) is 0 Å². The predicted octanol–water partition coefficient (Wildman–Crippen LogP) is 1.06. The average Bonchev–Trinajstić information content (AvgIpc) is 2.31. The summed E-state index contributed by atoms with van der Waals surface area (Å²) in [6.07, 6.45) is -0.649. The molecule has 2 fully saturated rings. The Kier molecular flexibility index (Phi) is 2.19. The lowest BCUT2D eigenvalue weighted by atomic mass is 9.95. The molecule has 1 N–H and O–H groups in total. The van der Waals surface area contributed by atoms with Gasteiger partial charge in [-0.3, -0.25) is 4.21 Å². The largest absolute Gasteiger partial charge is 0.387 e. The molecule has 0 aliphatic carbocycles. The Morgan fingerprint density at radius 2 is 1.92 bits per heavy atom. The molecule has 0 aromatic rings. The summed E-state index contributed by atoms with van der Waals surface area (Å²) in [4.78, 5) is 0. The van der Waals surface area contributed by atoms with Crippen LogP contribution in [0.1, 0.15) is 25.7 Å². The molecule has 2 aliphatic heterocycles. The van der Waals surface area contributed by atoms with Gasteiger partial charge < -0.3 is 5.11 Å². The first-order chi connectivity index (χ1) is 6.00. The van der Waals surface area contributed by atoms with Gasteiger partial charge in [-0.15, -0.1) is 0 Å². The van der Waals surface area contributed by atoms with Gasteiger partial charge in [0.15, 0.2) is 0 Å². The van der Waals surface area contributed by atoms with Crippen molar-refractivity contribution in [2.24, 2.45) is 0 Å². The van der Waals surface area contributed by atoms with Gasteiger partial charge in [-0.2, -0.15) is 0 Å². The van der Waals surface area contributed by atoms with Crippen molar-refractivity contribution in [3.8, 4) is 0 Å². The van der Waals surface area contributed by atoms with E-state index in [9.17, 15) is 18.1 Å². The van der Waals surface area contributed by atoms with Crippen molar-refractivity contribution < 1.29 is 18.1 Å². The zero-order chi connectivity index (χ0) is 9.64. The van der Waals surface area contributed by atoms with Crippen LogP contribution in [-0.2, 0) is 10.8 Å². The number of hydrogen-bond acceptors (Lipinski definition) is 2. The van der Waals surface area contributed by atoms with Crippen LogP contribution in [0.4, 0.5) is 8.78 Å². The lowest BCUT2D eigenvalue weighted by Gasteiger charge is -2.23. The first-order valence-corrected chi connectivity index (χ1v) is 5.73.